The van der Waals surface area contributed by atoms with Crippen LogP contribution in [0, 0.1) is 13.8 Å². The second kappa shape index (κ2) is 11.9. The maximum atomic E-state index is 13.5. The quantitative estimate of drug-likeness (QED) is 0.413. The lowest BCUT2D eigenvalue weighted by atomic mass is 10.0. The summed E-state index contributed by atoms with van der Waals surface area (Å²) in [6, 6.07) is 21.6. The van der Waals surface area contributed by atoms with Crippen LogP contribution in [-0.2, 0) is 14.4 Å². The molecule has 0 bridgehead atoms. The first-order valence-corrected chi connectivity index (χ1v) is 11.6. The first-order chi connectivity index (χ1) is 16.8. The summed E-state index contributed by atoms with van der Waals surface area (Å²) >= 11 is 0. The van der Waals surface area contributed by atoms with Gasteiger partial charge in [0, 0.05) is 24.0 Å². The third-order valence-electron chi connectivity index (χ3n) is 5.62. The van der Waals surface area contributed by atoms with Crippen molar-refractivity contribution in [1.29, 1.82) is 0 Å². The Hall–Kier alpha value is -3.97. The minimum absolute atomic E-state index is 0.0315. The van der Waals surface area contributed by atoms with Gasteiger partial charge in [0.25, 0.3) is 0 Å². The summed E-state index contributed by atoms with van der Waals surface area (Å²) in [5.41, 5.74) is 4.85. The zero-order valence-corrected chi connectivity index (χ0v) is 20.6. The Morgan fingerprint density at radius 3 is 2.06 bits per heavy atom. The third kappa shape index (κ3) is 7.25. The van der Waals surface area contributed by atoms with Gasteiger partial charge in [-0.1, -0.05) is 49.4 Å². The van der Waals surface area contributed by atoms with Crippen molar-refractivity contribution in [2.75, 3.05) is 29.0 Å². The van der Waals surface area contributed by atoms with Gasteiger partial charge in [-0.15, -0.1) is 0 Å². The van der Waals surface area contributed by atoms with Crippen LogP contribution in [0.2, 0.25) is 0 Å². The smallest absolute Gasteiger partial charge is 0.246 e. The molecule has 0 aliphatic carbocycles. The molecule has 0 saturated heterocycles. The van der Waals surface area contributed by atoms with Crippen LogP contribution in [-0.4, -0.2) is 35.7 Å². The van der Waals surface area contributed by atoms with E-state index in [9.17, 15) is 14.4 Å². The highest BCUT2D eigenvalue weighted by atomic mass is 16.2. The molecule has 3 N–H and O–H groups in total. The number of rotatable bonds is 9. The third-order valence-corrected chi connectivity index (χ3v) is 5.62. The van der Waals surface area contributed by atoms with Gasteiger partial charge in [0.15, 0.2) is 0 Å². The number of benzene rings is 3. The second-order valence-corrected chi connectivity index (χ2v) is 8.49. The van der Waals surface area contributed by atoms with Crippen LogP contribution in [0.1, 0.15) is 36.6 Å². The predicted molar refractivity (Wildman–Crippen MR) is 140 cm³/mol. The van der Waals surface area contributed by atoms with Gasteiger partial charge in [0.1, 0.15) is 6.04 Å². The molecule has 1 atom stereocenters. The molecule has 0 heterocycles. The number of amides is 3. The standard InChI is InChI=1S/C28H32N4O3/c1-5-32(18-26(34)30-24-15-13-23(14-16-24)29-21(4)33)27(22-9-7-6-8-10-22)28(35)31-25-17-19(2)11-12-20(25)3/h6-17,27H,5,18H2,1-4H3,(H,29,33)(H,30,34)(H,31,35). The van der Waals surface area contributed by atoms with Crippen LogP contribution in [0.5, 0.6) is 0 Å². The van der Waals surface area contributed by atoms with Gasteiger partial charge in [0.05, 0.1) is 6.54 Å². The largest absolute Gasteiger partial charge is 0.326 e. The lowest BCUT2D eigenvalue weighted by Gasteiger charge is -2.30. The predicted octanol–water partition coefficient (Wildman–Crippen LogP) is 4.90. The highest BCUT2D eigenvalue weighted by Gasteiger charge is 2.28. The number of carbonyl (C=O) groups excluding carboxylic acids is 3. The maximum Gasteiger partial charge on any atom is 0.246 e. The lowest BCUT2D eigenvalue weighted by Crippen LogP contribution is -2.41. The first-order valence-electron chi connectivity index (χ1n) is 11.6. The van der Waals surface area contributed by atoms with E-state index < -0.39 is 6.04 Å². The number of nitrogens with one attached hydrogen (secondary N) is 3. The molecule has 3 amide bonds. The molecular formula is C28H32N4O3. The average molecular weight is 473 g/mol. The van der Waals surface area contributed by atoms with Crippen LogP contribution >= 0.6 is 0 Å². The van der Waals surface area contributed by atoms with Crippen LogP contribution in [0.4, 0.5) is 17.1 Å². The number of nitrogens with zero attached hydrogens (tertiary/aromatic N) is 1. The molecule has 0 aliphatic rings. The van der Waals surface area contributed by atoms with Crippen molar-refractivity contribution in [3.63, 3.8) is 0 Å². The number of hydrogen-bond acceptors (Lipinski definition) is 4. The van der Waals surface area contributed by atoms with Crippen molar-refractivity contribution < 1.29 is 14.4 Å². The summed E-state index contributed by atoms with van der Waals surface area (Å²) < 4.78 is 0. The first kappa shape index (κ1) is 25.6. The molecule has 0 fully saturated rings. The molecule has 7 nitrogen and oxygen atoms in total. The van der Waals surface area contributed by atoms with E-state index in [4.69, 9.17) is 0 Å². The fourth-order valence-electron chi connectivity index (χ4n) is 3.85. The molecule has 0 spiro atoms. The van der Waals surface area contributed by atoms with E-state index in [0.29, 0.717) is 17.9 Å². The molecule has 35 heavy (non-hydrogen) atoms. The Bertz CT molecular complexity index is 1180. The van der Waals surface area contributed by atoms with Gasteiger partial charge >= 0.3 is 0 Å². The Kier molecular flexibility index (Phi) is 8.75. The van der Waals surface area contributed by atoms with Gasteiger partial charge in [-0.25, -0.2) is 0 Å². The van der Waals surface area contributed by atoms with Crippen molar-refractivity contribution in [3.05, 3.63) is 89.5 Å². The van der Waals surface area contributed by atoms with Crippen molar-refractivity contribution in [2.45, 2.75) is 33.7 Å². The topological polar surface area (TPSA) is 90.5 Å². The molecule has 0 radical (unpaired) electrons. The van der Waals surface area contributed by atoms with Gasteiger partial charge in [-0.2, -0.15) is 0 Å². The molecule has 3 rings (SSSR count). The maximum absolute atomic E-state index is 13.5. The molecule has 1 unspecified atom stereocenters. The van der Waals surface area contributed by atoms with Gasteiger partial charge in [-0.05, 0) is 67.4 Å². The summed E-state index contributed by atoms with van der Waals surface area (Å²) in [4.78, 5) is 39.5. The fraction of sp³-hybridized carbons (Fsp3) is 0.250. The zero-order chi connectivity index (χ0) is 25.4. The second-order valence-electron chi connectivity index (χ2n) is 8.49. The van der Waals surface area contributed by atoms with Gasteiger partial charge in [0.2, 0.25) is 17.7 Å². The summed E-state index contributed by atoms with van der Waals surface area (Å²) in [5.74, 6) is -0.592. The number of anilines is 3. The lowest BCUT2D eigenvalue weighted by molar-refractivity contribution is -0.124. The molecular weight excluding hydrogens is 440 g/mol. The van der Waals surface area contributed by atoms with Crippen LogP contribution in [0.3, 0.4) is 0 Å². The SMILES string of the molecule is CCN(CC(=O)Nc1ccc(NC(C)=O)cc1)C(C(=O)Nc1cc(C)ccc1C)c1ccccc1. The number of likely N-dealkylation sites (N-methyl/N-ethyl adjacent to an activating group) is 1. The Morgan fingerprint density at radius 1 is 0.829 bits per heavy atom. The number of hydrogen-bond donors (Lipinski definition) is 3. The summed E-state index contributed by atoms with van der Waals surface area (Å²) in [6.45, 7) is 7.83. The molecule has 182 valence electrons. The summed E-state index contributed by atoms with van der Waals surface area (Å²) in [5, 5.41) is 8.63. The number of carbonyl (C=O) groups is 3. The van der Waals surface area contributed by atoms with Gasteiger partial charge < -0.3 is 16.0 Å². The van der Waals surface area contributed by atoms with Crippen molar-refractivity contribution >= 4 is 34.8 Å². The fourth-order valence-corrected chi connectivity index (χ4v) is 3.85. The van der Waals surface area contributed by atoms with Crippen LogP contribution in [0.15, 0.2) is 72.8 Å². The van der Waals surface area contributed by atoms with Crippen molar-refractivity contribution in [3.8, 4) is 0 Å². The highest BCUT2D eigenvalue weighted by Crippen LogP contribution is 2.25. The molecule has 0 aliphatic heterocycles. The van der Waals surface area contributed by atoms with E-state index in [-0.39, 0.29) is 24.3 Å². The minimum atomic E-state index is -0.644. The van der Waals surface area contributed by atoms with E-state index in [1.807, 2.05) is 74.2 Å². The van der Waals surface area contributed by atoms with E-state index in [2.05, 4.69) is 16.0 Å². The monoisotopic (exact) mass is 472 g/mol. The normalized spacial score (nSPS) is 11.6. The zero-order valence-electron chi connectivity index (χ0n) is 20.6. The average Bonchev–Trinajstić information content (AvgIpc) is 2.82. The van der Waals surface area contributed by atoms with Gasteiger partial charge in [-0.3, -0.25) is 19.3 Å². The Balaban J connectivity index is 1.78. The molecule has 3 aromatic rings. The highest BCUT2D eigenvalue weighted by molar-refractivity contribution is 5.97. The van der Waals surface area contributed by atoms with E-state index >= 15 is 0 Å². The minimum Gasteiger partial charge on any atom is -0.326 e. The molecule has 3 aromatic carbocycles. The summed E-state index contributed by atoms with van der Waals surface area (Å²) in [7, 11) is 0. The number of aryl methyl sites for hydroxylation is 2. The summed E-state index contributed by atoms with van der Waals surface area (Å²) in [6.07, 6.45) is 0. The Labute approximate surface area is 206 Å². The molecule has 0 aromatic heterocycles. The van der Waals surface area contributed by atoms with Crippen molar-refractivity contribution in [2.24, 2.45) is 0 Å². The van der Waals surface area contributed by atoms with Crippen LogP contribution < -0.4 is 16.0 Å². The van der Waals surface area contributed by atoms with E-state index in [1.54, 1.807) is 24.3 Å². The van der Waals surface area contributed by atoms with E-state index in [1.165, 1.54) is 6.92 Å². The van der Waals surface area contributed by atoms with Crippen LogP contribution in [0.25, 0.3) is 0 Å². The molecule has 0 saturated carbocycles. The Morgan fingerprint density at radius 2 is 1.46 bits per heavy atom. The van der Waals surface area contributed by atoms with E-state index in [0.717, 1.165) is 22.4 Å². The van der Waals surface area contributed by atoms with Crippen molar-refractivity contribution in [1.82, 2.24) is 4.90 Å². The molecule has 7 heteroatoms.